The molecule has 1 unspecified atom stereocenters. The summed E-state index contributed by atoms with van der Waals surface area (Å²) in [5.41, 5.74) is 5.72. The molecule has 1 aliphatic heterocycles. The van der Waals surface area contributed by atoms with E-state index in [1.54, 1.807) is 19.4 Å². The van der Waals surface area contributed by atoms with Gasteiger partial charge in [-0.3, -0.25) is 4.90 Å². The maximum Gasteiger partial charge on any atom is 0.352 e. The Labute approximate surface area is 300 Å². The van der Waals surface area contributed by atoms with Crippen LogP contribution in [0.4, 0.5) is 0 Å². The van der Waals surface area contributed by atoms with Gasteiger partial charge >= 0.3 is 11.9 Å². The zero-order chi connectivity index (χ0) is 36.7. The van der Waals surface area contributed by atoms with Crippen molar-refractivity contribution in [1.29, 1.82) is 0 Å². The molecule has 12 heteroatoms. The van der Waals surface area contributed by atoms with Crippen LogP contribution in [0.25, 0.3) is 21.8 Å². The minimum absolute atomic E-state index is 0.191. The van der Waals surface area contributed by atoms with Gasteiger partial charge in [-0.25, -0.2) is 9.59 Å². The molecule has 278 valence electrons. The maximum atomic E-state index is 12.1. The third kappa shape index (κ3) is 9.11. The van der Waals surface area contributed by atoms with Gasteiger partial charge in [0.2, 0.25) is 0 Å². The van der Waals surface area contributed by atoms with Gasteiger partial charge in [0, 0.05) is 69.4 Å². The van der Waals surface area contributed by atoms with Crippen LogP contribution in [0.1, 0.15) is 64.2 Å². The molecular weight excluding hydrogens is 652 g/mol. The van der Waals surface area contributed by atoms with E-state index in [0.717, 1.165) is 59.2 Å². The molecule has 1 fully saturated rings. The summed E-state index contributed by atoms with van der Waals surface area (Å²) in [5, 5.41) is 21.4. The monoisotopic (exact) mass is 706 g/mol. The normalized spacial score (nSPS) is 15.8. The Morgan fingerprint density at radius 2 is 1.69 bits per heavy atom. The van der Waals surface area contributed by atoms with E-state index in [9.17, 15) is 19.8 Å². The highest BCUT2D eigenvalue weighted by Crippen LogP contribution is 2.32. The van der Waals surface area contributed by atoms with Crippen molar-refractivity contribution in [2.45, 2.75) is 59.2 Å². The number of carboxylic acids is 2. The van der Waals surface area contributed by atoms with E-state index in [0.29, 0.717) is 70.4 Å². The number of carboxylic acid groups (broad SMARTS) is 2. The molecule has 1 saturated heterocycles. The van der Waals surface area contributed by atoms with Gasteiger partial charge in [0.25, 0.3) is 0 Å². The lowest BCUT2D eigenvalue weighted by atomic mass is 9.98. The number of likely N-dealkylation sites (N-methyl/N-ethyl adjacent to an activating group) is 1. The van der Waals surface area contributed by atoms with E-state index in [1.807, 2.05) is 34.3 Å². The minimum Gasteiger partial charge on any atom is -0.492 e. The average Bonchev–Trinajstić information content (AvgIpc) is 3.65. The number of hydrogen-bond acceptors (Lipinski definition) is 8. The van der Waals surface area contributed by atoms with Gasteiger partial charge in [0.1, 0.15) is 18.1 Å². The van der Waals surface area contributed by atoms with Gasteiger partial charge in [-0.15, -0.1) is 0 Å². The second kappa shape index (κ2) is 17.5. The summed E-state index contributed by atoms with van der Waals surface area (Å²) >= 11 is 0. The largest absolute Gasteiger partial charge is 0.492 e. The topological polar surface area (TPSA) is 128 Å². The number of methoxy groups -OCH3 is 1. The van der Waals surface area contributed by atoms with E-state index in [-0.39, 0.29) is 23.2 Å². The summed E-state index contributed by atoms with van der Waals surface area (Å²) in [4.78, 5) is 28.9. The van der Waals surface area contributed by atoms with Gasteiger partial charge in [0.05, 0.1) is 49.6 Å². The third-order valence-electron chi connectivity index (χ3n) is 9.78. The highest BCUT2D eigenvalue weighted by molar-refractivity contribution is 6.05. The molecule has 2 N–H and O–H groups in total. The Hall–Kier alpha value is -3.94. The molecule has 0 bridgehead atoms. The molecule has 0 aliphatic carbocycles. The number of benzene rings is 2. The minimum atomic E-state index is -0.960. The summed E-state index contributed by atoms with van der Waals surface area (Å²) in [6.45, 7) is 15.6. The molecule has 0 amide bonds. The molecule has 1 aliphatic rings. The predicted molar refractivity (Wildman–Crippen MR) is 198 cm³/mol. The molecule has 0 radical (unpaired) electrons. The number of nitrogens with zero attached hydrogens (tertiary/aromatic N) is 4. The van der Waals surface area contributed by atoms with Gasteiger partial charge in [0.15, 0.2) is 0 Å². The van der Waals surface area contributed by atoms with Crippen molar-refractivity contribution in [2.75, 3.05) is 80.0 Å². The molecule has 0 spiro atoms. The quantitative estimate of drug-likeness (QED) is 0.123. The van der Waals surface area contributed by atoms with Crippen LogP contribution in [0.15, 0.2) is 36.5 Å². The summed E-state index contributed by atoms with van der Waals surface area (Å²) in [6.07, 6.45) is 2.44. The van der Waals surface area contributed by atoms with Crippen molar-refractivity contribution in [2.24, 2.45) is 0 Å². The number of piperazine rings is 1. The molecule has 12 nitrogen and oxygen atoms in total. The fourth-order valence-electron chi connectivity index (χ4n) is 7.22. The van der Waals surface area contributed by atoms with Crippen LogP contribution in [-0.4, -0.2) is 127 Å². The first kappa shape index (κ1) is 38.3. The van der Waals surface area contributed by atoms with Crippen molar-refractivity contribution >= 4 is 33.7 Å². The second-order valence-corrected chi connectivity index (χ2v) is 13.8. The van der Waals surface area contributed by atoms with Gasteiger partial charge in [-0.1, -0.05) is 32.4 Å². The molecule has 5 rings (SSSR count). The number of hydrogen-bond donors (Lipinski definition) is 2. The fourth-order valence-corrected chi connectivity index (χ4v) is 7.22. The zero-order valence-corrected chi connectivity index (χ0v) is 30.9. The first-order valence-electron chi connectivity index (χ1n) is 18.0. The fraction of sp³-hybridized carbons (Fsp3) is 0.538. The molecule has 3 heterocycles. The Balaban J connectivity index is 1.13. The molecule has 51 heavy (non-hydrogen) atoms. The lowest BCUT2D eigenvalue weighted by Crippen LogP contribution is -2.54. The highest BCUT2D eigenvalue weighted by atomic mass is 16.5. The van der Waals surface area contributed by atoms with Crippen molar-refractivity contribution in [3.8, 4) is 5.75 Å². The standard InChI is InChI=1S/C39H54N4O8/c1-7-28-20-31(22-33-34(38(44)45)24-42(36(28)33)10-13-48-6)51-15-11-41-9-8-40(5)23-30(41)25-50-17-16-49-14-12-43-35(39(46)47)21-29-18-27(4)19-32(26(2)3)37(29)43/h18-22,24,26,30H,7-17,23,25H2,1-6H3,(H,44,45)(H,46,47). The Bertz CT molecular complexity index is 1810. The second-order valence-electron chi connectivity index (χ2n) is 13.8. The highest BCUT2D eigenvalue weighted by Gasteiger charge is 2.26. The number of fused-ring (bicyclic) bond motifs is 2. The number of aromatic nitrogens is 2. The molecule has 1 atom stereocenters. The smallest absolute Gasteiger partial charge is 0.352 e. The van der Waals surface area contributed by atoms with Gasteiger partial charge < -0.3 is 43.2 Å². The summed E-state index contributed by atoms with van der Waals surface area (Å²) in [7, 11) is 3.76. The molecular formula is C39H54N4O8. The Morgan fingerprint density at radius 3 is 2.39 bits per heavy atom. The van der Waals surface area contributed by atoms with Crippen LogP contribution < -0.4 is 4.74 Å². The molecule has 2 aromatic heterocycles. The van der Waals surface area contributed by atoms with Crippen molar-refractivity contribution in [3.63, 3.8) is 0 Å². The maximum absolute atomic E-state index is 12.1. The Morgan fingerprint density at radius 1 is 0.902 bits per heavy atom. The van der Waals surface area contributed by atoms with Crippen LogP contribution in [-0.2, 0) is 33.7 Å². The summed E-state index contributed by atoms with van der Waals surface area (Å²) in [5.74, 6) is -0.971. The van der Waals surface area contributed by atoms with Crippen molar-refractivity contribution < 1.29 is 38.7 Å². The van der Waals surface area contributed by atoms with Gasteiger partial charge in [-0.05, 0) is 61.7 Å². The number of ether oxygens (including phenoxy) is 4. The van der Waals surface area contributed by atoms with Crippen molar-refractivity contribution in [3.05, 3.63) is 64.5 Å². The van der Waals surface area contributed by atoms with E-state index in [1.165, 1.54) is 0 Å². The number of aromatic carboxylic acids is 2. The lowest BCUT2D eigenvalue weighted by Gasteiger charge is -2.39. The summed E-state index contributed by atoms with van der Waals surface area (Å²) < 4.78 is 27.4. The van der Waals surface area contributed by atoms with E-state index < -0.39 is 11.9 Å². The number of rotatable bonds is 19. The number of carbonyl (C=O) groups is 2. The predicted octanol–water partition coefficient (Wildman–Crippen LogP) is 5.36. The van der Waals surface area contributed by atoms with Crippen molar-refractivity contribution in [1.82, 2.24) is 18.9 Å². The first-order chi connectivity index (χ1) is 24.5. The molecule has 4 aromatic rings. The SMILES string of the molecule is CCc1cc(OCCN2CCN(C)CC2COCCOCCn2c(C(=O)O)cc3cc(C)cc(C(C)C)c32)cc2c(C(=O)O)cn(CCOC)c12. The lowest BCUT2D eigenvalue weighted by molar-refractivity contribution is -0.00925. The van der Waals surface area contributed by atoms with Crippen LogP contribution in [0.3, 0.4) is 0 Å². The first-order valence-corrected chi connectivity index (χ1v) is 18.0. The van der Waals surface area contributed by atoms with Gasteiger partial charge in [-0.2, -0.15) is 0 Å². The summed E-state index contributed by atoms with van der Waals surface area (Å²) in [6, 6.07) is 10.0. The van der Waals surface area contributed by atoms with E-state index in [2.05, 4.69) is 43.7 Å². The zero-order valence-electron chi connectivity index (χ0n) is 30.9. The van der Waals surface area contributed by atoms with Crippen LogP contribution in [0.5, 0.6) is 5.75 Å². The number of aryl methyl sites for hydroxylation is 2. The van der Waals surface area contributed by atoms with Crippen LogP contribution in [0.2, 0.25) is 0 Å². The molecule has 2 aromatic carbocycles. The van der Waals surface area contributed by atoms with Crippen LogP contribution >= 0.6 is 0 Å². The molecule has 0 saturated carbocycles. The van der Waals surface area contributed by atoms with Crippen LogP contribution in [0, 0.1) is 6.92 Å². The third-order valence-corrected chi connectivity index (χ3v) is 9.78. The van der Waals surface area contributed by atoms with E-state index in [4.69, 9.17) is 18.9 Å². The van der Waals surface area contributed by atoms with E-state index >= 15 is 0 Å². The average molecular weight is 707 g/mol. The Kier molecular flexibility index (Phi) is 13.2.